The maximum Gasteiger partial charge on any atom is 0.0610 e. The Bertz CT molecular complexity index is 434. The Hall–Kier alpha value is -1.86. The van der Waals surface area contributed by atoms with Crippen molar-refractivity contribution in [2.75, 3.05) is 6.61 Å². The van der Waals surface area contributed by atoms with Gasteiger partial charge in [-0.05, 0) is 11.1 Å². The lowest BCUT2D eigenvalue weighted by atomic mass is 9.75. The molecule has 0 saturated carbocycles. The third-order valence-corrected chi connectivity index (χ3v) is 3.18. The topological polar surface area (TPSA) is 20.2 Å². The van der Waals surface area contributed by atoms with Gasteiger partial charge in [0.25, 0.3) is 0 Å². The first-order valence-electron chi connectivity index (χ1n) is 5.69. The molecule has 0 aromatic heterocycles. The van der Waals surface area contributed by atoms with E-state index in [1.165, 1.54) is 0 Å². The Morgan fingerprint density at radius 2 is 1.29 bits per heavy atom. The minimum atomic E-state index is -0.511. The van der Waals surface area contributed by atoms with Gasteiger partial charge in [0.15, 0.2) is 0 Å². The van der Waals surface area contributed by atoms with Gasteiger partial charge < -0.3 is 5.11 Å². The van der Waals surface area contributed by atoms with Gasteiger partial charge >= 0.3 is 0 Å². The largest absolute Gasteiger partial charge is 0.395 e. The Kier molecular flexibility index (Phi) is 3.40. The first kappa shape index (κ1) is 11.6. The highest BCUT2D eigenvalue weighted by atomic mass is 16.3. The summed E-state index contributed by atoms with van der Waals surface area (Å²) in [5.74, 6) is 0. The molecule has 0 unspecified atom stereocenters. The van der Waals surface area contributed by atoms with Crippen LogP contribution in [0.4, 0.5) is 0 Å². The van der Waals surface area contributed by atoms with Crippen molar-refractivity contribution in [1.82, 2.24) is 0 Å². The van der Waals surface area contributed by atoms with Gasteiger partial charge in [0, 0.05) is 0 Å². The Labute approximate surface area is 102 Å². The predicted octanol–water partition coefficient (Wildman–Crippen LogP) is 3.15. The van der Waals surface area contributed by atoms with Crippen LogP contribution in [0.1, 0.15) is 11.1 Å². The van der Waals surface area contributed by atoms with E-state index in [1.807, 2.05) is 66.7 Å². The van der Waals surface area contributed by atoms with Crippen LogP contribution >= 0.6 is 0 Å². The molecule has 1 heteroatoms. The van der Waals surface area contributed by atoms with Gasteiger partial charge in [-0.1, -0.05) is 66.7 Å². The molecule has 2 rings (SSSR count). The second kappa shape index (κ2) is 4.98. The van der Waals surface area contributed by atoms with Gasteiger partial charge in [-0.15, -0.1) is 6.58 Å². The second-order valence-corrected chi connectivity index (χ2v) is 4.07. The molecule has 0 spiro atoms. The summed E-state index contributed by atoms with van der Waals surface area (Å²) in [5.41, 5.74) is 1.61. The van der Waals surface area contributed by atoms with Gasteiger partial charge in [0.2, 0.25) is 0 Å². The van der Waals surface area contributed by atoms with Crippen LogP contribution in [0.5, 0.6) is 0 Å². The maximum absolute atomic E-state index is 9.81. The normalized spacial score (nSPS) is 11.1. The number of aliphatic hydroxyl groups excluding tert-OH is 1. The Morgan fingerprint density at radius 3 is 1.59 bits per heavy atom. The van der Waals surface area contributed by atoms with Crippen LogP contribution in [0.3, 0.4) is 0 Å². The molecule has 0 aliphatic heterocycles. The van der Waals surface area contributed by atoms with Crippen LogP contribution in [0.2, 0.25) is 0 Å². The van der Waals surface area contributed by atoms with E-state index in [9.17, 15) is 5.11 Å². The average Bonchev–Trinajstić information content (AvgIpc) is 2.43. The highest BCUT2D eigenvalue weighted by Crippen LogP contribution is 2.32. The smallest absolute Gasteiger partial charge is 0.0610 e. The number of aliphatic hydroxyl groups is 1. The third kappa shape index (κ3) is 2.02. The van der Waals surface area contributed by atoms with Gasteiger partial charge in [-0.3, -0.25) is 0 Å². The summed E-state index contributed by atoms with van der Waals surface area (Å²) in [6.45, 7) is 3.92. The van der Waals surface area contributed by atoms with Gasteiger partial charge in [0.05, 0.1) is 12.0 Å². The molecule has 2 aromatic rings. The standard InChI is InChI=1S/C16H16O/c1-2-16(13-17,14-9-5-3-6-10-14)15-11-7-4-8-12-15/h2-12,17H,1,13H2. The number of rotatable bonds is 4. The molecular formula is C16H16O. The molecule has 0 radical (unpaired) electrons. The molecule has 0 aliphatic carbocycles. The zero-order chi connectivity index (χ0) is 12.1. The number of hydrogen-bond donors (Lipinski definition) is 1. The first-order valence-corrected chi connectivity index (χ1v) is 5.69. The lowest BCUT2D eigenvalue weighted by Gasteiger charge is -2.29. The SMILES string of the molecule is C=CC(CO)(c1ccccc1)c1ccccc1. The molecule has 1 nitrogen and oxygen atoms in total. The predicted molar refractivity (Wildman–Crippen MR) is 70.9 cm³/mol. The van der Waals surface area contributed by atoms with E-state index < -0.39 is 5.41 Å². The maximum atomic E-state index is 9.81. The van der Waals surface area contributed by atoms with Crippen molar-refractivity contribution >= 4 is 0 Å². The molecule has 0 bridgehead atoms. The highest BCUT2D eigenvalue weighted by Gasteiger charge is 2.29. The monoisotopic (exact) mass is 224 g/mol. The van der Waals surface area contributed by atoms with Crippen molar-refractivity contribution in [2.24, 2.45) is 0 Å². The van der Waals surface area contributed by atoms with Gasteiger partial charge in [-0.25, -0.2) is 0 Å². The van der Waals surface area contributed by atoms with Crippen molar-refractivity contribution in [1.29, 1.82) is 0 Å². The van der Waals surface area contributed by atoms with Crippen LogP contribution in [-0.2, 0) is 5.41 Å². The molecule has 2 aromatic carbocycles. The van der Waals surface area contributed by atoms with E-state index in [1.54, 1.807) is 0 Å². The molecule has 0 atom stereocenters. The van der Waals surface area contributed by atoms with Crippen molar-refractivity contribution in [2.45, 2.75) is 5.41 Å². The fraction of sp³-hybridized carbons (Fsp3) is 0.125. The Balaban J connectivity index is 2.58. The molecule has 0 heterocycles. The molecule has 17 heavy (non-hydrogen) atoms. The van der Waals surface area contributed by atoms with E-state index in [0.29, 0.717) is 0 Å². The minimum absolute atomic E-state index is 0.0184. The molecule has 0 aliphatic rings. The van der Waals surface area contributed by atoms with Crippen LogP contribution < -0.4 is 0 Å². The number of hydrogen-bond acceptors (Lipinski definition) is 1. The highest BCUT2D eigenvalue weighted by molar-refractivity contribution is 5.43. The van der Waals surface area contributed by atoms with E-state index in [-0.39, 0.29) is 6.61 Å². The average molecular weight is 224 g/mol. The van der Waals surface area contributed by atoms with E-state index in [2.05, 4.69) is 6.58 Å². The zero-order valence-corrected chi connectivity index (χ0v) is 9.71. The summed E-state index contributed by atoms with van der Waals surface area (Å²) in [6.07, 6.45) is 1.82. The van der Waals surface area contributed by atoms with E-state index in [4.69, 9.17) is 0 Å². The van der Waals surface area contributed by atoms with Crippen LogP contribution in [0, 0.1) is 0 Å². The van der Waals surface area contributed by atoms with E-state index in [0.717, 1.165) is 11.1 Å². The molecule has 86 valence electrons. The summed E-state index contributed by atoms with van der Waals surface area (Å²) >= 11 is 0. The molecule has 0 saturated heterocycles. The fourth-order valence-corrected chi connectivity index (χ4v) is 2.12. The van der Waals surface area contributed by atoms with Gasteiger partial charge in [-0.2, -0.15) is 0 Å². The molecule has 0 fully saturated rings. The molecular weight excluding hydrogens is 208 g/mol. The summed E-state index contributed by atoms with van der Waals surface area (Å²) in [7, 11) is 0. The lowest BCUT2D eigenvalue weighted by molar-refractivity contribution is 0.247. The van der Waals surface area contributed by atoms with Crippen molar-refractivity contribution in [3.63, 3.8) is 0 Å². The first-order chi connectivity index (χ1) is 8.33. The van der Waals surface area contributed by atoms with Crippen molar-refractivity contribution in [3.8, 4) is 0 Å². The lowest BCUT2D eigenvalue weighted by Crippen LogP contribution is -2.29. The fourth-order valence-electron chi connectivity index (χ4n) is 2.12. The number of benzene rings is 2. The third-order valence-electron chi connectivity index (χ3n) is 3.18. The summed E-state index contributed by atoms with van der Waals surface area (Å²) < 4.78 is 0. The van der Waals surface area contributed by atoms with Gasteiger partial charge in [0.1, 0.15) is 0 Å². The van der Waals surface area contributed by atoms with Crippen molar-refractivity contribution < 1.29 is 5.11 Å². The zero-order valence-electron chi connectivity index (χ0n) is 9.71. The quantitative estimate of drug-likeness (QED) is 0.791. The summed E-state index contributed by atoms with van der Waals surface area (Å²) in [6, 6.07) is 19.9. The van der Waals surface area contributed by atoms with Crippen LogP contribution in [0.15, 0.2) is 73.3 Å². The minimum Gasteiger partial charge on any atom is -0.395 e. The summed E-state index contributed by atoms with van der Waals surface area (Å²) in [4.78, 5) is 0. The van der Waals surface area contributed by atoms with Crippen LogP contribution in [-0.4, -0.2) is 11.7 Å². The Morgan fingerprint density at radius 1 is 0.882 bits per heavy atom. The molecule has 0 amide bonds. The van der Waals surface area contributed by atoms with Crippen molar-refractivity contribution in [3.05, 3.63) is 84.4 Å². The summed E-state index contributed by atoms with van der Waals surface area (Å²) in [5, 5.41) is 9.81. The molecule has 1 N–H and O–H groups in total. The van der Waals surface area contributed by atoms with Crippen LogP contribution in [0.25, 0.3) is 0 Å². The van der Waals surface area contributed by atoms with E-state index >= 15 is 0 Å². The second-order valence-electron chi connectivity index (χ2n) is 4.07.